The van der Waals surface area contributed by atoms with Crippen molar-refractivity contribution in [2.24, 2.45) is 7.05 Å². The van der Waals surface area contributed by atoms with Crippen LogP contribution in [-0.2, 0) is 11.8 Å². The standard InChI is InChI=1S/C22H17NO4S/c1-23-18-13-19(28-21(18)17(12-20(23)24)22(25)26-2)14-8-10-16(11-9-14)27-15-6-4-3-5-7-15/h3-13H,1-2H3. The largest absolute Gasteiger partial charge is 0.465 e. The number of para-hydroxylation sites is 1. The van der Waals surface area contributed by atoms with Crippen molar-refractivity contribution in [2.45, 2.75) is 0 Å². The first-order valence-corrected chi connectivity index (χ1v) is 9.43. The van der Waals surface area contributed by atoms with E-state index in [4.69, 9.17) is 9.47 Å². The minimum absolute atomic E-state index is 0.246. The average molecular weight is 391 g/mol. The summed E-state index contributed by atoms with van der Waals surface area (Å²) in [6, 6.07) is 20.5. The van der Waals surface area contributed by atoms with Crippen molar-refractivity contribution in [3.63, 3.8) is 0 Å². The summed E-state index contributed by atoms with van der Waals surface area (Å²) in [7, 11) is 3.00. The van der Waals surface area contributed by atoms with Gasteiger partial charge in [-0.2, -0.15) is 0 Å². The molecule has 2 aromatic heterocycles. The van der Waals surface area contributed by atoms with E-state index in [9.17, 15) is 9.59 Å². The number of hydrogen-bond donors (Lipinski definition) is 0. The number of methoxy groups -OCH3 is 1. The highest BCUT2D eigenvalue weighted by atomic mass is 32.1. The van der Waals surface area contributed by atoms with Gasteiger partial charge in [0.1, 0.15) is 11.5 Å². The first kappa shape index (κ1) is 18.0. The van der Waals surface area contributed by atoms with Gasteiger partial charge in [-0.05, 0) is 48.0 Å². The lowest BCUT2D eigenvalue weighted by Crippen LogP contribution is -2.18. The van der Waals surface area contributed by atoms with E-state index in [1.165, 1.54) is 29.1 Å². The van der Waals surface area contributed by atoms with Crippen LogP contribution in [0.1, 0.15) is 10.4 Å². The molecule has 0 fully saturated rings. The zero-order valence-corrected chi connectivity index (χ0v) is 16.2. The van der Waals surface area contributed by atoms with Gasteiger partial charge in [-0.15, -0.1) is 11.3 Å². The van der Waals surface area contributed by atoms with Crippen molar-refractivity contribution in [2.75, 3.05) is 7.11 Å². The summed E-state index contributed by atoms with van der Waals surface area (Å²) >= 11 is 1.45. The van der Waals surface area contributed by atoms with Crippen molar-refractivity contribution >= 4 is 27.5 Å². The first-order chi connectivity index (χ1) is 13.6. The molecule has 0 aliphatic carbocycles. The van der Waals surface area contributed by atoms with Crippen LogP contribution in [0.2, 0.25) is 0 Å². The Balaban J connectivity index is 1.72. The quantitative estimate of drug-likeness (QED) is 0.467. The summed E-state index contributed by atoms with van der Waals surface area (Å²) in [5, 5.41) is 0. The van der Waals surface area contributed by atoms with Gasteiger partial charge >= 0.3 is 5.97 Å². The molecule has 0 unspecified atom stereocenters. The van der Waals surface area contributed by atoms with E-state index in [1.807, 2.05) is 60.7 Å². The number of hydrogen-bond acceptors (Lipinski definition) is 5. The third kappa shape index (κ3) is 3.30. The molecule has 0 amide bonds. The molecule has 28 heavy (non-hydrogen) atoms. The van der Waals surface area contributed by atoms with E-state index in [-0.39, 0.29) is 5.56 Å². The van der Waals surface area contributed by atoms with Gasteiger partial charge in [0.2, 0.25) is 0 Å². The molecule has 0 atom stereocenters. The van der Waals surface area contributed by atoms with Crippen LogP contribution in [-0.4, -0.2) is 17.6 Å². The second-order valence-corrected chi connectivity index (χ2v) is 7.26. The predicted molar refractivity (Wildman–Crippen MR) is 110 cm³/mol. The van der Waals surface area contributed by atoms with Crippen LogP contribution in [0.5, 0.6) is 11.5 Å². The van der Waals surface area contributed by atoms with Crippen molar-refractivity contribution in [3.8, 4) is 21.9 Å². The normalized spacial score (nSPS) is 10.8. The topological polar surface area (TPSA) is 57.5 Å². The average Bonchev–Trinajstić information content (AvgIpc) is 3.17. The Hall–Kier alpha value is -3.38. The maximum Gasteiger partial charge on any atom is 0.339 e. The zero-order chi connectivity index (χ0) is 19.7. The lowest BCUT2D eigenvalue weighted by Gasteiger charge is -2.05. The number of aryl methyl sites for hydroxylation is 1. The number of ether oxygens (including phenoxy) is 2. The molecule has 0 aliphatic rings. The number of carbonyl (C=O) groups is 1. The first-order valence-electron chi connectivity index (χ1n) is 8.62. The van der Waals surface area contributed by atoms with Crippen LogP contribution >= 0.6 is 11.3 Å². The number of rotatable bonds is 4. The summed E-state index contributed by atoms with van der Waals surface area (Å²) in [6.07, 6.45) is 0. The SMILES string of the molecule is COC(=O)c1cc(=O)n(C)c2cc(-c3ccc(Oc4ccccc4)cc3)sc12. The Morgan fingerprint density at radius 1 is 0.964 bits per heavy atom. The van der Waals surface area contributed by atoms with Crippen molar-refractivity contribution < 1.29 is 14.3 Å². The molecular weight excluding hydrogens is 374 g/mol. The van der Waals surface area contributed by atoms with Crippen molar-refractivity contribution in [3.05, 3.63) is 82.6 Å². The molecule has 0 spiro atoms. The van der Waals surface area contributed by atoms with Crippen LogP contribution in [0.15, 0.2) is 71.5 Å². The lowest BCUT2D eigenvalue weighted by atomic mass is 10.1. The van der Waals surface area contributed by atoms with E-state index in [0.29, 0.717) is 11.1 Å². The lowest BCUT2D eigenvalue weighted by molar-refractivity contribution is 0.0603. The molecule has 0 aliphatic heterocycles. The highest BCUT2D eigenvalue weighted by Crippen LogP contribution is 2.36. The molecule has 0 bridgehead atoms. The maximum atomic E-state index is 12.2. The Kier molecular flexibility index (Phi) is 4.71. The molecule has 0 radical (unpaired) electrons. The van der Waals surface area contributed by atoms with Gasteiger partial charge in [0.05, 0.1) is 22.9 Å². The molecule has 4 aromatic rings. The number of esters is 1. The summed E-state index contributed by atoms with van der Waals surface area (Å²) in [6.45, 7) is 0. The Morgan fingerprint density at radius 3 is 2.32 bits per heavy atom. The molecule has 0 N–H and O–H groups in total. The van der Waals surface area contributed by atoms with Gasteiger partial charge in [0.25, 0.3) is 5.56 Å². The minimum Gasteiger partial charge on any atom is -0.465 e. The third-order valence-electron chi connectivity index (χ3n) is 4.44. The molecule has 140 valence electrons. The van der Waals surface area contributed by atoms with Gasteiger partial charge in [-0.1, -0.05) is 18.2 Å². The third-order valence-corrected chi connectivity index (χ3v) is 5.65. The number of aromatic nitrogens is 1. The Morgan fingerprint density at radius 2 is 1.64 bits per heavy atom. The number of fused-ring (bicyclic) bond motifs is 1. The fourth-order valence-electron chi connectivity index (χ4n) is 2.94. The number of benzene rings is 2. The second kappa shape index (κ2) is 7.32. The highest BCUT2D eigenvalue weighted by molar-refractivity contribution is 7.22. The zero-order valence-electron chi connectivity index (χ0n) is 15.3. The van der Waals surface area contributed by atoms with Crippen molar-refractivity contribution in [1.82, 2.24) is 4.57 Å². The van der Waals surface area contributed by atoms with Gasteiger partial charge in [0.15, 0.2) is 0 Å². The number of pyridine rings is 1. The summed E-state index contributed by atoms with van der Waals surface area (Å²) in [5.74, 6) is 0.997. The van der Waals surface area contributed by atoms with Crippen molar-refractivity contribution in [1.29, 1.82) is 0 Å². The molecule has 0 saturated heterocycles. The predicted octanol–water partition coefficient (Wildman–Crippen LogP) is 4.85. The minimum atomic E-state index is -0.511. The summed E-state index contributed by atoms with van der Waals surface area (Å²) in [5.41, 5.74) is 1.73. The molecule has 4 rings (SSSR count). The molecule has 2 aromatic carbocycles. The van der Waals surface area contributed by atoms with Crippen LogP contribution in [0.4, 0.5) is 0 Å². The van der Waals surface area contributed by atoms with E-state index in [0.717, 1.165) is 26.6 Å². The van der Waals surface area contributed by atoms with Crippen LogP contribution in [0, 0.1) is 0 Å². The number of nitrogens with zero attached hydrogens (tertiary/aromatic N) is 1. The van der Waals surface area contributed by atoms with E-state index >= 15 is 0 Å². The summed E-state index contributed by atoms with van der Waals surface area (Å²) < 4.78 is 12.9. The summed E-state index contributed by atoms with van der Waals surface area (Å²) in [4.78, 5) is 25.2. The molecular formula is C22H17NO4S. The fraction of sp³-hybridized carbons (Fsp3) is 0.0909. The van der Waals surface area contributed by atoms with Crippen LogP contribution < -0.4 is 10.3 Å². The Bertz CT molecular complexity index is 1210. The van der Waals surface area contributed by atoms with E-state index in [1.54, 1.807) is 7.05 Å². The van der Waals surface area contributed by atoms with E-state index in [2.05, 4.69) is 0 Å². The Labute approximate surface area is 165 Å². The van der Waals surface area contributed by atoms with Gasteiger partial charge < -0.3 is 14.0 Å². The number of thiophene rings is 1. The monoisotopic (exact) mass is 391 g/mol. The van der Waals surface area contributed by atoms with Gasteiger partial charge in [-0.25, -0.2) is 4.79 Å². The molecule has 6 heteroatoms. The smallest absolute Gasteiger partial charge is 0.339 e. The van der Waals surface area contributed by atoms with E-state index < -0.39 is 5.97 Å². The van der Waals surface area contributed by atoms with Crippen LogP contribution in [0.25, 0.3) is 20.7 Å². The van der Waals surface area contributed by atoms with Gasteiger partial charge in [0, 0.05) is 18.0 Å². The maximum absolute atomic E-state index is 12.2. The van der Waals surface area contributed by atoms with Crippen LogP contribution in [0.3, 0.4) is 0 Å². The number of carbonyl (C=O) groups excluding carboxylic acids is 1. The van der Waals surface area contributed by atoms with Gasteiger partial charge in [-0.3, -0.25) is 4.79 Å². The molecule has 5 nitrogen and oxygen atoms in total. The molecule has 2 heterocycles. The fourth-order valence-corrected chi connectivity index (χ4v) is 4.14. The second-order valence-electron chi connectivity index (χ2n) is 6.21. The highest BCUT2D eigenvalue weighted by Gasteiger charge is 2.17. The molecule has 0 saturated carbocycles.